The van der Waals surface area contributed by atoms with Crippen LogP contribution in [0.25, 0.3) is 0 Å². The average Bonchev–Trinajstić information content (AvgIpc) is 2.69. The number of likely N-dealkylation sites (tertiary alicyclic amines) is 1. The molecule has 8 heteroatoms. The monoisotopic (exact) mass is 410 g/mol. The van der Waals surface area contributed by atoms with E-state index < -0.39 is 10.0 Å². The van der Waals surface area contributed by atoms with Gasteiger partial charge < -0.3 is 14.5 Å². The molecule has 0 saturated carbocycles. The molecule has 2 heterocycles. The highest BCUT2D eigenvalue weighted by Gasteiger charge is 2.32. The van der Waals surface area contributed by atoms with Crippen LogP contribution in [-0.2, 0) is 14.8 Å². The van der Waals surface area contributed by atoms with Crippen molar-refractivity contribution in [2.75, 3.05) is 52.4 Å². The lowest BCUT2D eigenvalue weighted by molar-refractivity contribution is -0.900. The minimum atomic E-state index is -3.54. The van der Waals surface area contributed by atoms with E-state index >= 15 is 0 Å². The minimum absolute atomic E-state index is 0.141. The predicted molar refractivity (Wildman–Crippen MR) is 107 cm³/mol. The van der Waals surface area contributed by atoms with Crippen LogP contribution in [0.3, 0.4) is 0 Å². The van der Waals surface area contributed by atoms with Gasteiger partial charge in [-0.3, -0.25) is 4.79 Å². The van der Waals surface area contributed by atoms with Crippen LogP contribution in [0.15, 0.2) is 29.2 Å². The lowest BCUT2D eigenvalue weighted by Crippen LogP contribution is -3.14. The van der Waals surface area contributed by atoms with Crippen molar-refractivity contribution in [1.29, 1.82) is 0 Å². The molecule has 1 N–H and O–H groups in total. The Labute approximate surface area is 168 Å². The highest BCUT2D eigenvalue weighted by Crippen LogP contribution is 2.21. The zero-order chi connectivity index (χ0) is 20.1. The molecule has 3 rings (SSSR count). The Bertz CT molecular complexity index is 758. The number of quaternary nitrogens is 1. The molecule has 28 heavy (non-hydrogen) atoms. The van der Waals surface area contributed by atoms with E-state index in [4.69, 9.17) is 4.74 Å². The predicted octanol–water partition coefficient (Wildman–Crippen LogP) is 0.233. The molecule has 0 spiro atoms. The fraction of sp³-hybridized carbons (Fsp3) is 0.650. The number of nitrogens with zero attached hydrogens (tertiary/aromatic N) is 2. The molecular weight excluding hydrogens is 378 g/mol. The van der Waals surface area contributed by atoms with Gasteiger partial charge in [0.05, 0.1) is 24.6 Å². The molecule has 1 aromatic rings. The lowest BCUT2D eigenvalue weighted by atomic mass is 10.0. The van der Waals surface area contributed by atoms with E-state index in [0.717, 1.165) is 13.1 Å². The molecule has 2 aliphatic rings. The number of piperazine rings is 1. The van der Waals surface area contributed by atoms with Crippen molar-refractivity contribution >= 4 is 15.9 Å². The first-order valence-electron chi connectivity index (χ1n) is 10.2. The van der Waals surface area contributed by atoms with Crippen molar-refractivity contribution in [2.24, 2.45) is 5.92 Å². The van der Waals surface area contributed by atoms with Gasteiger partial charge in [-0.05, 0) is 44.0 Å². The second kappa shape index (κ2) is 9.24. The molecule has 0 aromatic heterocycles. The average molecular weight is 411 g/mol. The number of piperidine rings is 1. The summed E-state index contributed by atoms with van der Waals surface area (Å²) in [5.41, 5.74) is 0. The quantitative estimate of drug-likeness (QED) is 0.729. The number of hydrogen-bond acceptors (Lipinski definition) is 4. The summed E-state index contributed by atoms with van der Waals surface area (Å²) in [6, 6.07) is 6.52. The normalized spacial score (nSPS) is 24.1. The zero-order valence-corrected chi connectivity index (χ0v) is 17.7. The van der Waals surface area contributed by atoms with Gasteiger partial charge in [0, 0.05) is 32.1 Å². The van der Waals surface area contributed by atoms with Gasteiger partial charge in [0.15, 0.2) is 6.54 Å². The van der Waals surface area contributed by atoms with Crippen LogP contribution in [0.2, 0.25) is 0 Å². The van der Waals surface area contributed by atoms with E-state index in [1.54, 1.807) is 24.3 Å². The van der Waals surface area contributed by atoms with Gasteiger partial charge in [-0.25, -0.2) is 8.42 Å². The van der Waals surface area contributed by atoms with Crippen LogP contribution in [0.5, 0.6) is 5.75 Å². The molecule has 156 valence electrons. The third-order valence-electron chi connectivity index (χ3n) is 5.63. The first kappa shape index (κ1) is 21.1. The third kappa shape index (κ3) is 5.04. The summed E-state index contributed by atoms with van der Waals surface area (Å²) in [5, 5.41) is 0. The number of carbonyl (C=O) groups excluding carboxylic acids is 1. The number of rotatable bonds is 6. The summed E-state index contributed by atoms with van der Waals surface area (Å²) in [6.07, 6.45) is 2.43. The van der Waals surface area contributed by atoms with Crippen molar-refractivity contribution in [3.8, 4) is 5.75 Å². The minimum Gasteiger partial charge on any atom is -0.494 e. The van der Waals surface area contributed by atoms with Crippen LogP contribution in [-0.4, -0.2) is 76.0 Å². The Balaban J connectivity index is 1.54. The molecule has 2 saturated heterocycles. The Kier molecular flexibility index (Phi) is 6.95. The van der Waals surface area contributed by atoms with Gasteiger partial charge in [-0.15, -0.1) is 0 Å². The van der Waals surface area contributed by atoms with Gasteiger partial charge in [-0.1, -0.05) is 6.92 Å². The molecule has 1 aromatic carbocycles. The number of amides is 1. The van der Waals surface area contributed by atoms with E-state index in [9.17, 15) is 13.2 Å². The summed E-state index contributed by atoms with van der Waals surface area (Å²) in [4.78, 5) is 16.1. The molecule has 0 bridgehead atoms. The third-order valence-corrected chi connectivity index (χ3v) is 7.54. The SMILES string of the molecule is CCOc1ccc(S(=O)(=O)N2CCN(C(=O)C[NH+]3CCC[C@@H](C)C3)CC2)cc1. The van der Waals surface area contributed by atoms with Crippen molar-refractivity contribution in [1.82, 2.24) is 9.21 Å². The lowest BCUT2D eigenvalue weighted by Gasteiger charge is -2.35. The maximum Gasteiger partial charge on any atom is 0.277 e. The van der Waals surface area contributed by atoms with Gasteiger partial charge >= 0.3 is 0 Å². The van der Waals surface area contributed by atoms with Crippen LogP contribution >= 0.6 is 0 Å². The van der Waals surface area contributed by atoms with Crippen LogP contribution in [0, 0.1) is 5.92 Å². The van der Waals surface area contributed by atoms with E-state index in [-0.39, 0.29) is 10.8 Å². The summed E-state index contributed by atoms with van der Waals surface area (Å²) < 4.78 is 32.6. The Morgan fingerprint density at radius 3 is 2.46 bits per heavy atom. The summed E-state index contributed by atoms with van der Waals surface area (Å²) in [7, 11) is -3.54. The van der Waals surface area contributed by atoms with Gasteiger partial charge in [0.1, 0.15) is 5.75 Å². The van der Waals surface area contributed by atoms with Crippen molar-refractivity contribution < 1.29 is 22.8 Å². The summed E-state index contributed by atoms with van der Waals surface area (Å²) >= 11 is 0. The Morgan fingerprint density at radius 2 is 1.86 bits per heavy atom. The molecule has 1 amide bonds. The highest BCUT2D eigenvalue weighted by molar-refractivity contribution is 7.89. The number of nitrogens with one attached hydrogen (secondary N) is 1. The largest absolute Gasteiger partial charge is 0.494 e. The Hall–Kier alpha value is -1.64. The van der Waals surface area contributed by atoms with Crippen LogP contribution < -0.4 is 9.64 Å². The van der Waals surface area contributed by atoms with Gasteiger partial charge in [0.2, 0.25) is 10.0 Å². The molecule has 2 aliphatic heterocycles. The van der Waals surface area contributed by atoms with Gasteiger partial charge in [-0.2, -0.15) is 4.31 Å². The van der Waals surface area contributed by atoms with Crippen molar-refractivity contribution in [3.05, 3.63) is 24.3 Å². The molecule has 2 fully saturated rings. The van der Waals surface area contributed by atoms with E-state index in [1.165, 1.54) is 22.0 Å². The second-order valence-electron chi connectivity index (χ2n) is 7.82. The van der Waals surface area contributed by atoms with Crippen LogP contribution in [0.1, 0.15) is 26.7 Å². The summed E-state index contributed by atoms with van der Waals surface area (Å²) in [6.45, 7) is 8.90. The maximum atomic E-state index is 12.9. The highest BCUT2D eigenvalue weighted by atomic mass is 32.2. The zero-order valence-electron chi connectivity index (χ0n) is 16.9. The first-order chi connectivity index (χ1) is 13.4. The second-order valence-corrected chi connectivity index (χ2v) is 9.76. The van der Waals surface area contributed by atoms with Crippen LogP contribution in [0.4, 0.5) is 0 Å². The van der Waals surface area contributed by atoms with Gasteiger partial charge in [0.25, 0.3) is 5.91 Å². The number of ether oxygens (including phenoxy) is 1. The van der Waals surface area contributed by atoms with E-state index in [2.05, 4.69) is 6.92 Å². The topological polar surface area (TPSA) is 71.4 Å². The molecular formula is C20H32N3O4S+. The fourth-order valence-corrected chi connectivity index (χ4v) is 5.51. The molecule has 2 atom stereocenters. The maximum absolute atomic E-state index is 12.9. The van der Waals surface area contributed by atoms with E-state index in [0.29, 0.717) is 51.0 Å². The molecule has 0 aliphatic carbocycles. The first-order valence-corrected chi connectivity index (χ1v) is 11.7. The number of sulfonamides is 1. The van der Waals surface area contributed by atoms with Crippen molar-refractivity contribution in [3.63, 3.8) is 0 Å². The smallest absolute Gasteiger partial charge is 0.277 e. The number of hydrogen-bond donors (Lipinski definition) is 1. The number of benzene rings is 1. The summed E-state index contributed by atoms with van der Waals surface area (Å²) in [5.74, 6) is 1.47. The Morgan fingerprint density at radius 1 is 1.18 bits per heavy atom. The molecule has 1 unspecified atom stereocenters. The van der Waals surface area contributed by atoms with Crippen molar-refractivity contribution in [2.45, 2.75) is 31.6 Å². The standard InChI is InChI=1S/C20H31N3O4S/c1-3-27-18-6-8-19(9-7-18)28(25,26)23-13-11-22(12-14-23)20(24)16-21-10-4-5-17(2)15-21/h6-9,17H,3-5,10-16H2,1-2H3/p+1/t17-/m1/s1. The van der Waals surface area contributed by atoms with E-state index in [1.807, 2.05) is 11.8 Å². The molecule has 0 radical (unpaired) electrons. The molecule has 7 nitrogen and oxygen atoms in total. The fourth-order valence-electron chi connectivity index (χ4n) is 4.09. The number of carbonyl (C=O) groups is 1.